The first-order valence-corrected chi connectivity index (χ1v) is 5.15. The van der Waals surface area contributed by atoms with E-state index in [0.717, 1.165) is 0 Å². The van der Waals surface area contributed by atoms with Crippen LogP contribution in [0.5, 0.6) is 0 Å². The summed E-state index contributed by atoms with van der Waals surface area (Å²) in [7, 11) is 1.22. The second-order valence-electron chi connectivity index (χ2n) is 3.39. The first kappa shape index (κ1) is 12.9. The molecule has 1 aromatic rings. The fourth-order valence-corrected chi connectivity index (χ4v) is 1.51. The number of carbonyl (C=O) groups is 1. The summed E-state index contributed by atoms with van der Waals surface area (Å²) in [5, 5.41) is 0.451. The molecule has 0 heterocycles. The lowest BCUT2D eigenvalue weighted by Gasteiger charge is -2.13. The highest BCUT2D eigenvalue weighted by atomic mass is 35.5. The molecule has 88 valence electrons. The summed E-state index contributed by atoms with van der Waals surface area (Å²) in [6.45, 7) is 0. The predicted octanol–water partition coefficient (Wildman–Crippen LogP) is 2.24. The number of ether oxygens (including phenoxy) is 1. The van der Waals surface area contributed by atoms with Crippen LogP contribution in [-0.4, -0.2) is 19.1 Å². The minimum atomic E-state index is -1.33. The van der Waals surface area contributed by atoms with Gasteiger partial charge in [-0.15, -0.1) is 0 Å². The Morgan fingerprint density at radius 3 is 2.88 bits per heavy atom. The fourth-order valence-electron chi connectivity index (χ4n) is 1.31. The topological polar surface area (TPSA) is 52.3 Å². The summed E-state index contributed by atoms with van der Waals surface area (Å²) in [6.07, 6.45) is -1.44. The number of carbonyl (C=O) groups excluding carboxylic acids is 1. The monoisotopic (exact) mass is 245 g/mol. The van der Waals surface area contributed by atoms with E-state index in [4.69, 9.17) is 17.3 Å². The van der Waals surface area contributed by atoms with Gasteiger partial charge in [-0.25, -0.2) is 4.39 Å². The first-order valence-electron chi connectivity index (χ1n) is 4.77. The minimum absolute atomic E-state index is 0.118. The predicted molar refractivity (Wildman–Crippen MR) is 59.9 cm³/mol. The van der Waals surface area contributed by atoms with Crippen LogP contribution in [0.4, 0.5) is 4.39 Å². The number of benzene rings is 1. The Hall–Kier alpha value is -1.13. The maximum Gasteiger partial charge on any atom is 0.322 e. The van der Waals surface area contributed by atoms with E-state index in [9.17, 15) is 9.18 Å². The number of halogens is 2. The van der Waals surface area contributed by atoms with Crippen molar-refractivity contribution in [1.29, 1.82) is 0 Å². The smallest absolute Gasteiger partial charge is 0.322 e. The van der Waals surface area contributed by atoms with Crippen LogP contribution in [0.15, 0.2) is 24.3 Å². The van der Waals surface area contributed by atoms with Crippen LogP contribution in [0.1, 0.15) is 18.2 Å². The Labute approximate surface area is 98.3 Å². The highest BCUT2D eigenvalue weighted by molar-refractivity contribution is 6.30. The van der Waals surface area contributed by atoms with Crippen molar-refractivity contribution in [3.05, 3.63) is 34.9 Å². The van der Waals surface area contributed by atoms with Gasteiger partial charge in [0.05, 0.1) is 7.11 Å². The average Bonchev–Trinajstić information content (AvgIpc) is 2.27. The lowest BCUT2D eigenvalue weighted by Crippen LogP contribution is -2.32. The van der Waals surface area contributed by atoms with Crippen LogP contribution < -0.4 is 5.73 Å². The molecule has 2 atom stereocenters. The van der Waals surface area contributed by atoms with E-state index in [2.05, 4.69) is 4.74 Å². The molecule has 16 heavy (non-hydrogen) atoms. The maximum absolute atomic E-state index is 13.7. The van der Waals surface area contributed by atoms with Gasteiger partial charge in [-0.3, -0.25) is 4.79 Å². The molecule has 0 amide bonds. The maximum atomic E-state index is 13.7. The Kier molecular flexibility index (Phi) is 4.71. The Balaban J connectivity index is 2.65. The number of rotatable bonds is 4. The van der Waals surface area contributed by atoms with Crippen LogP contribution in [0.2, 0.25) is 5.02 Å². The molecule has 0 aliphatic rings. The van der Waals surface area contributed by atoms with Crippen molar-refractivity contribution >= 4 is 17.6 Å². The SMILES string of the molecule is COC(=O)C(N)CC(F)c1cccc(Cl)c1. The number of hydrogen-bond acceptors (Lipinski definition) is 3. The van der Waals surface area contributed by atoms with Gasteiger partial charge in [-0.1, -0.05) is 23.7 Å². The third-order valence-electron chi connectivity index (χ3n) is 2.18. The fraction of sp³-hybridized carbons (Fsp3) is 0.364. The largest absolute Gasteiger partial charge is 0.468 e. The van der Waals surface area contributed by atoms with Gasteiger partial charge in [0, 0.05) is 11.4 Å². The van der Waals surface area contributed by atoms with Gasteiger partial charge < -0.3 is 10.5 Å². The van der Waals surface area contributed by atoms with Gasteiger partial charge in [0.25, 0.3) is 0 Å². The van der Waals surface area contributed by atoms with Gasteiger partial charge in [0.1, 0.15) is 12.2 Å². The number of nitrogens with two attached hydrogens (primary N) is 1. The Morgan fingerprint density at radius 2 is 2.31 bits per heavy atom. The molecule has 0 aliphatic carbocycles. The van der Waals surface area contributed by atoms with Gasteiger partial charge in [0.2, 0.25) is 0 Å². The molecule has 0 aliphatic heterocycles. The van der Waals surface area contributed by atoms with E-state index < -0.39 is 18.2 Å². The Morgan fingerprint density at radius 1 is 1.62 bits per heavy atom. The zero-order valence-electron chi connectivity index (χ0n) is 8.82. The van der Waals surface area contributed by atoms with Gasteiger partial charge in [-0.05, 0) is 17.7 Å². The van der Waals surface area contributed by atoms with Crippen LogP contribution in [0.3, 0.4) is 0 Å². The quantitative estimate of drug-likeness (QED) is 0.828. The third kappa shape index (κ3) is 3.47. The highest BCUT2D eigenvalue weighted by Crippen LogP contribution is 2.24. The molecule has 0 radical (unpaired) electrons. The average molecular weight is 246 g/mol. The second kappa shape index (κ2) is 5.82. The number of methoxy groups -OCH3 is 1. The minimum Gasteiger partial charge on any atom is -0.468 e. The molecule has 0 saturated carbocycles. The Bertz CT molecular complexity index is 373. The number of hydrogen-bond donors (Lipinski definition) is 1. The summed E-state index contributed by atoms with van der Waals surface area (Å²) in [4.78, 5) is 11.0. The molecule has 5 heteroatoms. The molecule has 2 unspecified atom stereocenters. The molecule has 0 saturated heterocycles. The third-order valence-corrected chi connectivity index (χ3v) is 2.41. The van der Waals surface area contributed by atoms with E-state index in [1.807, 2.05) is 0 Å². The summed E-state index contributed by atoms with van der Waals surface area (Å²) < 4.78 is 18.1. The standard InChI is InChI=1S/C11H13ClFNO2/c1-16-11(15)10(14)6-9(13)7-3-2-4-8(12)5-7/h2-5,9-10H,6,14H2,1H3. The van der Waals surface area contributed by atoms with E-state index in [1.165, 1.54) is 13.2 Å². The van der Waals surface area contributed by atoms with E-state index in [0.29, 0.717) is 10.6 Å². The summed E-state index contributed by atoms with van der Waals surface area (Å²) >= 11 is 5.73. The molecule has 0 fully saturated rings. The van der Waals surface area contributed by atoms with Crippen LogP contribution in [0, 0.1) is 0 Å². The summed E-state index contributed by atoms with van der Waals surface area (Å²) in [5.41, 5.74) is 5.87. The zero-order valence-corrected chi connectivity index (χ0v) is 9.58. The molecule has 1 aromatic carbocycles. The van der Waals surface area contributed by atoms with Crippen molar-refractivity contribution in [2.75, 3.05) is 7.11 Å². The van der Waals surface area contributed by atoms with Crippen molar-refractivity contribution in [1.82, 2.24) is 0 Å². The first-order chi connectivity index (χ1) is 7.54. The van der Waals surface area contributed by atoms with Crippen LogP contribution >= 0.6 is 11.6 Å². The number of esters is 1. The van der Waals surface area contributed by atoms with Crippen LogP contribution in [-0.2, 0) is 9.53 Å². The van der Waals surface area contributed by atoms with Crippen molar-refractivity contribution in [2.45, 2.75) is 18.6 Å². The summed E-state index contributed by atoms with van der Waals surface area (Å²) in [6, 6.07) is 5.45. The van der Waals surface area contributed by atoms with E-state index in [1.54, 1.807) is 18.2 Å². The van der Waals surface area contributed by atoms with Gasteiger partial charge in [-0.2, -0.15) is 0 Å². The van der Waals surface area contributed by atoms with Crippen molar-refractivity contribution in [2.24, 2.45) is 5.73 Å². The van der Waals surface area contributed by atoms with Crippen molar-refractivity contribution in [3.8, 4) is 0 Å². The van der Waals surface area contributed by atoms with E-state index >= 15 is 0 Å². The molecular formula is C11H13ClFNO2. The van der Waals surface area contributed by atoms with Gasteiger partial charge >= 0.3 is 5.97 Å². The van der Waals surface area contributed by atoms with Crippen molar-refractivity contribution < 1.29 is 13.9 Å². The molecule has 3 nitrogen and oxygen atoms in total. The summed E-state index contributed by atoms with van der Waals surface area (Å²) in [5.74, 6) is -0.621. The normalized spacial score (nSPS) is 14.2. The van der Waals surface area contributed by atoms with Crippen LogP contribution in [0.25, 0.3) is 0 Å². The molecule has 0 spiro atoms. The molecule has 0 aromatic heterocycles. The molecule has 1 rings (SSSR count). The zero-order chi connectivity index (χ0) is 12.1. The molecule has 2 N–H and O–H groups in total. The lowest BCUT2D eigenvalue weighted by molar-refractivity contribution is -0.142. The second-order valence-corrected chi connectivity index (χ2v) is 3.82. The van der Waals surface area contributed by atoms with E-state index in [-0.39, 0.29) is 6.42 Å². The number of alkyl halides is 1. The molecule has 0 bridgehead atoms. The lowest BCUT2D eigenvalue weighted by atomic mass is 10.0. The highest BCUT2D eigenvalue weighted by Gasteiger charge is 2.20. The van der Waals surface area contributed by atoms with Gasteiger partial charge in [0.15, 0.2) is 0 Å². The molecular weight excluding hydrogens is 233 g/mol. The van der Waals surface area contributed by atoms with Crippen molar-refractivity contribution in [3.63, 3.8) is 0 Å².